The fourth-order valence-corrected chi connectivity index (χ4v) is 13.1. The first kappa shape index (κ1) is 93.1. The van der Waals surface area contributed by atoms with Crippen LogP contribution in [0, 0.1) is 23.7 Å². The van der Waals surface area contributed by atoms with Crippen LogP contribution in [0.3, 0.4) is 0 Å². The van der Waals surface area contributed by atoms with E-state index in [1.807, 2.05) is 0 Å². The van der Waals surface area contributed by atoms with Crippen LogP contribution in [0.1, 0.15) is 383 Å². The number of phosphoric acid groups is 2. The van der Waals surface area contributed by atoms with Crippen molar-refractivity contribution in [3.8, 4) is 0 Å². The van der Waals surface area contributed by atoms with Crippen LogP contribution in [0.4, 0.5) is 0 Å². The molecule has 0 saturated carbocycles. The van der Waals surface area contributed by atoms with E-state index in [4.69, 9.17) is 37.0 Å². The average molecular weight is 1400 g/mol. The molecular weight excluding hydrogens is 1250 g/mol. The van der Waals surface area contributed by atoms with E-state index in [0.29, 0.717) is 37.5 Å². The Morgan fingerprint density at radius 2 is 0.505 bits per heavy atom. The molecule has 0 amide bonds. The number of phosphoric ester groups is 2. The number of unbranched alkanes of at least 4 members (excludes halogenated alkanes) is 38. The van der Waals surface area contributed by atoms with Gasteiger partial charge in [0.1, 0.15) is 19.3 Å². The van der Waals surface area contributed by atoms with Gasteiger partial charge in [-0.05, 0) is 49.4 Å². The Kier molecular flexibility index (Phi) is 64.0. The Morgan fingerprint density at radius 1 is 0.295 bits per heavy atom. The van der Waals surface area contributed by atoms with Crippen molar-refractivity contribution >= 4 is 39.5 Å². The third-order valence-electron chi connectivity index (χ3n) is 17.9. The van der Waals surface area contributed by atoms with E-state index in [2.05, 4.69) is 55.4 Å². The van der Waals surface area contributed by atoms with Gasteiger partial charge in [0, 0.05) is 25.7 Å². The molecule has 0 aromatic rings. The predicted molar refractivity (Wildman–Crippen MR) is 386 cm³/mol. The number of carbonyl (C=O) groups is 4. The summed E-state index contributed by atoms with van der Waals surface area (Å²) in [5.74, 6) is 0.887. The molecule has 0 spiro atoms. The monoisotopic (exact) mass is 1400 g/mol. The molecule has 0 saturated heterocycles. The largest absolute Gasteiger partial charge is 0.472 e. The molecule has 0 aliphatic rings. The van der Waals surface area contributed by atoms with Gasteiger partial charge in [-0.25, -0.2) is 9.13 Å². The molecule has 3 N–H and O–H groups in total. The Morgan fingerprint density at radius 3 is 0.747 bits per heavy atom. The van der Waals surface area contributed by atoms with Crippen LogP contribution in [0.25, 0.3) is 0 Å². The van der Waals surface area contributed by atoms with Crippen LogP contribution < -0.4 is 0 Å². The van der Waals surface area contributed by atoms with Gasteiger partial charge in [0.2, 0.25) is 0 Å². The number of esters is 4. The van der Waals surface area contributed by atoms with Crippen molar-refractivity contribution in [3.05, 3.63) is 0 Å². The first-order chi connectivity index (χ1) is 45.6. The molecule has 0 bridgehead atoms. The molecule has 0 aliphatic carbocycles. The highest BCUT2D eigenvalue weighted by atomic mass is 31.2. The van der Waals surface area contributed by atoms with E-state index in [1.165, 1.54) is 180 Å². The smallest absolute Gasteiger partial charge is 0.462 e. The maximum atomic E-state index is 13.0. The number of hydrogen-bond acceptors (Lipinski definition) is 15. The minimum Gasteiger partial charge on any atom is -0.462 e. The van der Waals surface area contributed by atoms with Gasteiger partial charge in [-0.3, -0.25) is 37.3 Å². The summed E-state index contributed by atoms with van der Waals surface area (Å²) in [6.45, 7) is 14.1. The summed E-state index contributed by atoms with van der Waals surface area (Å²) >= 11 is 0. The highest BCUT2D eigenvalue weighted by Gasteiger charge is 2.30. The van der Waals surface area contributed by atoms with Gasteiger partial charge in [0.05, 0.1) is 26.4 Å². The normalized spacial score (nSPS) is 14.4. The molecule has 3 unspecified atom stereocenters. The summed E-state index contributed by atoms with van der Waals surface area (Å²) in [6, 6.07) is 0. The van der Waals surface area contributed by atoms with Crippen molar-refractivity contribution in [3.63, 3.8) is 0 Å². The highest BCUT2D eigenvalue weighted by molar-refractivity contribution is 7.47. The molecule has 564 valence electrons. The van der Waals surface area contributed by atoms with Gasteiger partial charge in [-0.1, -0.05) is 331 Å². The molecule has 19 heteroatoms. The zero-order chi connectivity index (χ0) is 70.3. The van der Waals surface area contributed by atoms with Crippen molar-refractivity contribution < 1.29 is 80.2 Å². The highest BCUT2D eigenvalue weighted by Crippen LogP contribution is 2.45. The van der Waals surface area contributed by atoms with Gasteiger partial charge in [-0.2, -0.15) is 0 Å². The van der Waals surface area contributed by atoms with Crippen LogP contribution >= 0.6 is 15.6 Å². The van der Waals surface area contributed by atoms with Crippen molar-refractivity contribution in [2.75, 3.05) is 39.6 Å². The number of aliphatic hydroxyl groups is 1. The molecule has 0 rings (SSSR count). The lowest BCUT2D eigenvalue weighted by atomic mass is 9.99. The van der Waals surface area contributed by atoms with Crippen LogP contribution in [0.15, 0.2) is 0 Å². The van der Waals surface area contributed by atoms with Crippen LogP contribution in [0.2, 0.25) is 0 Å². The first-order valence-electron chi connectivity index (χ1n) is 39.2. The topological polar surface area (TPSA) is 237 Å². The maximum Gasteiger partial charge on any atom is 0.472 e. The molecule has 0 aromatic carbocycles. The summed E-state index contributed by atoms with van der Waals surface area (Å²) in [6.07, 6.45) is 50.4. The van der Waals surface area contributed by atoms with Gasteiger partial charge >= 0.3 is 39.5 Å². The van der Waals surface area contributed by atoms with Crippen molar-refractivity contribution in [2.24, 2.45) is 23.7 Å². The maximum absolute atomic E-state index is 13.0. The second kappa shape index (κ2) is 65.4. The molecular formula is C76H148O17P2. The van der Waals surface area contributed by atoms with Crippen molar-refractivity contribution in [1.29, 1.82) is 0 Å². The fraction of sp³-hybridized carbons (Fsp3) is 0.947. The average Bonchev–Trinajstić information content (AvgIpc) is 1.93. The van der Waals surface area contributed by atoms with Gasteiger partial charge < -0.3 is 33.8 Å². The molecule has 17 nitrogen and oxygen atoms in total. The van der Waals surface area contributed by atoms with E-state index >= 15 is 0 Å². The summed E-state index contributed by atoms with van der Waals surface area (Å²) < 4.78 is 68.4. The zero-order valence-electron chi connectivity index (χ0n) is 62.3. The lowest BCUT2D eigenvalue weighted by molar-refractivity contribution is -0.161. The summed E-state index contributed by atoms with van der Waals surface area (Å²) in [5, 5.41) is 10.6. The quantitative estimate of drug-likeness (QED) is 0.0222. The predicted octanol–water partition coefficient (Wildman–Crippen LogP) is 22.0. The van der Waals surface area contributed by atoms with E-state index < -0.39 is 97.5 Å². The van der Waals surface area contributed by atoms with E-state index in [-0.39, 0.29) is 25.7 Å². The molecule has 0 heterocycles. The summed E-state index contributed by atoms with van der Waals surface area (Å²) in [7, 11) is -9.91. The van der Waals surface area contributed by atoms with E-state index in [9.17, 15) is 43.2 Å². The fourth-order valence-electron chi connectivity index (χ4n) is 11.5. The Labute approximate surface area is 581 Å². The van der Waals surface area contributed by atoms with Crippen LogP contribution in [-0.2, 0) is 65.4 Å². The standard InChI is InChI=1S/C76H148O17P2/c1-9-69(8)55-47-39-30-24-20-16-14-12-10-11-13-15-17-21-25-31-40-48-56-73(78)86-62-71(93-76(81)59-51-43-33-27-29-37-45-53-67(4)5)64-90-94(82,83)88-60-70(77)61-89-95(84,85)91-65-72(63-87-74(79)57-49-41-35-34-38-46-54-68(6)7)92-75(80)58-50-42-32-26-22-18-19-23-28-36-44-52-66(2)3/h66-72,77H,9-65H2,1-8H3,(H,82,83)(H,84,85)/t69?,70-,71-,72-/m1/s1. The molecule has 95 heavy (non-hydrogen) atoms. The number of rotatable bonds is 73. The number of aliphatic hydroxyl groups excluding tert-OH is 1. The van der Waals surface area contributed by atoms with Gasteiger partial charge in [0.15, 0.2) is 12.2 Å². The van der Waals surface area contributed by atoms with Crippen molar-refractivity contribution in [1.82, 2.24) is 0 Å². The van der Waals surface area contributed by atoms with Crippen LogP contribution in [-0.4, -0.2) is 96.7 Å². The minimum absolute atomic E-state index is 0.103. The molecule has 0 fully saturated rings. The number of hydrogen-bond donors (Lipinski definition) is 3. The van der Waals surface area contributed by atoms with E-state index in [0.717, 1.165) is 108 Å². The third-order valence-corrected chi connectivity index (χ3v) is 19.8. The minimum atomic E-state index is -4.96. The summed E-state index contributed by atoms with van der Waals surface area (Å²) in [4.78, 5) is 72.7. The molecule has 0 radical (unpaired) electrons. The number of ether oxygens (including phenoxy) is 4. The first-order valence-corrected chi connectivity index (χ1v) is 42.2. The molecule has 6 atom stereocenters. The SMILES string of the molecule is CCC(C)CCCCCCCCCCCCCCCCCCCCC(=O)OC[C@H](COP(=O)(O)OC[C@@H](O)COP(=O)(O)OC[C@@H](COC(=O)CCCCCCCCC(C)C)OC(=O)CCCCCCCCCCCCCC(C)C)OC(=O)CCCCCCCCCC(C)C. The van der Waals surface area contributed by atoms with Crippen LogP contribution in [0.5, 0.6) is 0 Å². The molecule has 0 aliphatic heterocycles. The Balaban J connectivity index is 5.12. The third kappa shape index (κ3) is 69.0. The Hall–Kier alpha value is -1.94. The zero-order valence-corrected chi connectivity index (χ0v) is 64.1. The lowest BCUT2D eigenvalue weighted by Crippen LogP contribution is -2.30. The van der Waals surface area contributed by atoms with Crippen molar-refractivity contribution in [2.45, 2.75) is 401 Å². The second-order valence-electron chi connectivity index (χ2n) is 29.1. The Bertz CT molecular complexity index is 1870. The molecule has 0 aromatic heterocycles. The van der Waals surface area contributed by atoms with Gasteiger partial charge in [0.25, 0.3) is 0 Å². The number of carbonyl (C=O) groups excluding carboxylic acids is 4. The van der Waals surface area contributed by atoms with E-state index in [1.54, 1.807) is 0 Å². The van der Waals surface area contributed by atoms with Gasteiger partial charge in [-0.15, -0.1) is 0 Å². The second-order valence-corrected chi connectivity index (χ2v) is 32.0. The summed E-state index contributed by atoms with van der Waals surface area (Å²) in [5.41, 5.74) is 0. The lowest BCUT2D eigenvalue weighted by Gasteiger charge is -2.21.